The van der Waals surface area contributed by atoms with E-state index in [2.05, 4.69) is 10.3 Å². The molecule has 1 aromatic rings. The number of alkyl halides is 1. The van der Waals surface area contributed by atoms with E-state index < -0.39 is 23.4 Å². The van der Waals surface area contributed by atoms with Crippen molar-refractivity contribution in [3.8, 4) is 0 Å². The Hall–Kier alpha value is -2.68. The molecular weight excluding hydrogens is 452 g/mol. The number of nitrogens with one attached hydrogen (secondary N) is 1. The monoisotopic (exact) mass is 479 g/mol. The van der Waals surface area contributed by atoms with E-state index in [4.69, 9.17) is 23.1 Å². The van der Waals surface area contributed by atoms with Crippen molar-refractivity contribution in [2.45, 2.75) is 44.8 Å². The molecule has 0 aromatic heterocycles. The molecule has 1 aliphatic heterocycles. The lowest BCUT2D eigenvalue weighted by atomic mass is 9.76. The van der Waals surface area contributed by atoms with Gasteiger partial charge in [0.05, 0.1) is 40.6 Å². The molecule has 178 valence electrons. The number of carbonyl (C=O) groups excluding carboxylic acids is 2. The van der Waals surface area contributed by atoms with Gasteiger partial charge in [0.15, 0.2) is 0 Å². The zero-order valence-corrected chi connectivity index (χ0v) is 19.4. The second kappa shape index (κ2) is 8.27. The summed E-state index contributed by atoms with van der Waals surface area (Å²) in [5, 5.41) is 2.96. The molecule has 0 radical (unpaired) electrons. The number of hydrogen-bond donors (Lipinski definition) is 3. The number of rotatable bonds is 4. The first kappa shape index (κ1) is 23.5. The summed E-state index contributed by atoms with van der Waals surface area (Å²) < 4.78 is 28.1. The summed E-state index contributed by atoms with van der Waals surface area (Å²) in [7, 11) is 0. The summed E-state index contributed by atoms with van der Waals surface area (Å²) in [6.07, 6.45) is 0.845. The lowest BCUT2D eigenvalue weighted by Gasteiger charge is -2.40. The van der Waals surface area contributed by atoms with Crippen LogP contribution in [0.2, 0.25) is 5.02 Å². The molecule has 1 aromatic carbocycles. The van der Waals surface area contributed by atoms with Gasteiger partial charge in [0.1, 0.15) is 12.0 Å². The molecule has 10 heteroatoms. The van der Waals surface area contributed by atoms with Crippen molar-refractivity contribution in [1.29, 1.82) is 0 Å². The van der Waals surface area contributed by atoms with Gasteiger partial charge in [0, 0.05) is 13.0 Å². The molecule has 1 heterocycles. The maximum Gasteiger partial charge on any atom is 0.318 e. The first-order valence-corrected chi connectivity index (χ1v) is 11.3. The summed E-state index contributed by atoms with van der Waals surface area (Å²) >= 11 is 5.85. The van der Waals surface area contributed by atoms with Crippen molar-refractivity contribution >= 4 is 34.9 Å². The fraction of sp³-hybridized carbons (Fsp3) is 0.522. The number of halogens is 3. The molecular formula is C23H28ClF2N5O2. The van der Waals surface area contributed by atoms with Crippen molar-refractivity contribution in [2.24, 2.45) is 27.8 Å². The van der Waals surface area contributed by atoms with Gasteiger partial charge in [-0.1, -0.05) is 25.4 Å². The zero-order valence-electron chi connectivity index (χ0n) is 18.6. The second-order valence-corrected chi connectivity index (χ2v) is 10.0. The molecule has 7 nitrogen and oxygen atoms in total. The first-order chi connectivity index (χ1) is 15.5. The maximum absolute atomic E-state index is 14.5. The van der Waals surface area contributed by atoms with Crippen LogP contribution in [0.4, 0.5) is 13.6 Å². The first-order valence-electron chi connectivity index (χ1n) is 11.0. The number of carbonyl (C=O) groups is 2. The number of hydrogen-bond acceptors (Lipinski definition) is 4. The summed E-state index contributed by atoms with van der Waals surface area (Å²) in [5.74, 6) is -1.50. The minimum atomic E-state index is -0.931. The van der Waals surface area contributed by atoms with Crippen LogP contribution in [-0.4, -0.2) is 53.9 Å². The number of primary amides is 1. The van der Waals surface area contributed by atoms with Crippen LogP contribution in [0.15, 0.2) is 28.8 Å². The fourth-order valence-electron chi connectivity index (χ4n) is 5.66. The Bertz CT molecular complexity index is 1070. The molecule has 2 saturated carbocycles. The smallest absolute Gasteiger partial charge is 0.318 e. The number of amides is 3. The van der Waals surface area contributed by atoms with Crippen molar-refractivity contribution < 1.29 is 18.4 Å². The van der Waals surface area contributed by atoms with Gasteiger partial charge in [-0.2, -0.15) is 0 Å². The summed E-state index contributed by atoms with van der Waals surface area (Å²) in [6.45, 7) is 4.62. The third-order valence-corrected chi connectivity index (χ3v) is 7.99. The number of nitrogens with zero attached hydrogens (tertiary/aromatic N) is 2. The van der Waals surface area contributed by atoms with E-state index in [1.807, 2.05) is 13.8 Å². The molecule has 5 N–H and O–H groups in total. The minimum Gasteiger partial charge on any atom is -0.398 e. The van der Waals surface area contributed by atoms with Crippen LogP contribution in [0, 0.1) is 17.2 Å². The molecule has 3 aliphatic rings. The van der Waals surface area contributed by atoms with Crippen molar-refractivity contribution in [3.63, 3.8) is 0 Å². The van der Waals surface area contributed by atoms with Crippen LogP contribution in [0.5, 0.6) is 0 Å². The van der Waals surface area contributed by atoms with Crippen molar-refractivity contribution in [1.82, 2.24) is 10.2 Å². The van der Waals surface area contributed by atoms with E-state index in [0.717, 1.165) is 18.9 Å². The summed E-state index contributed by atoms with van der Waals surface area (Å²) in [5.41, 5.74) is 11.4. The zero-order chi connectivity index (χ0) is 24.1. The third-order valence-electron chi connectivity index (χ3n) is 7.70. The van der Waals surface area contributed by atoms with E-state index in [-0.39, 0.29) is 52.5 Å². The van der Waals surface area contributed by atoms with E-state index in [1.165, 1.54) is 17.0 Å². The van der Waals surface area contributed by atoms with Gasteiger partial charge >= 0.3 is 6.03 Å². The number of benzene rings is 1. The van der Waals surface area contributed by atoms with Gasteiger partial charge in [-0.05, 0) is 47.9 Å². The Balaban J connectivity index is 1.57. The Morgan fingerprint density at radius 3 is 2.61 bits per heavy atom. The largest absolute Gasteiger partial charge is 0.398 e. The van der Waals surface area contributed by atoms with E-state index >= 15 is 0 Å². The number of urea groups is 1. The van der Waals surface area contributed by atoms with Crippen LogP contribution in [0.3, 0.4) is 0 Å². The van der Waals surface area contributed by atoms with Crippen LogP contribution >= 0.6 is 11.6 Å². The number of fused-ring (bicyclic) bond motifs is 2. The standard InChI is InChI=1S/C23H28ClF2N5O2/c1-22(2)13-5-6-23(22,10-16(13)26)30-21(33)31-8-7-29-17(11-31)18(20(28)32)19(27)12-3-4-15(25)14(24)9-12/h3-4,9,13,16H,5-8,10-11,27H2,1-2H3,(H2,28,32)(H,30,33). The highest BCUT2D eigenvalue weighted by molar-refractivity contribution is 6.31. The van der Waals surface area contributed by atoms with Crippen LogP contribution < -0.4 is 16.8 Å². The minimum absolute atomic E-state index is 0.000154. The second-order valence-electron chi connectivity index (χ2n) is 9.63. The lowest BCUT2D eigenvalue weighted by molar-refractivity contribution is -0.114. The van der Waals surface area contributed by atoms with Gasteiger partial charge in [-0.15, -0.1) is 0 Å². The number of aliphatic imine (C=N–C) groups is 1. The van der Waals surface area contributed by atoms with Gasteiger partial charge < -0.3 is 21.7 Å². The summed E-state index contributed by atoms with van der Waals surface area (Å²) in [4.78, 5) is 31.4. The Labute approximate surface area is 196 Å². The molecule has 0 saturated heterocycles. The fourth-order valence-corrected chi connectivity index (χ4v) is 5.84. The molecule has 3 amide bonds. The topological polar surface area (TPSA) is 114 Å². The number of nitrogens with two attached hydrogens (primary N) is 2. The molecule has 2 bridgehead atoms. The maximum atomic E-state index is 14.5. The molecule has 33 heavy (non-hydrogen) atoms. The van der Waals surface area contributed by atoms with E-state index in [1.54, 1.807) is 0 Å². The predicted molar refractivity (Wildman–Crippen MR) is 123 cm³/mol. The normalized spacial score (nSPS) is 28.9. The Kier molecular flexibility index (Phi) is 5.88. The third kappa shape index (κ3) is 3.86. The molecule has 2 fully saturated rings. The molecule has 3 unspecified atom stereocenters. The van der Waals surface area contributed by atoms with Gasteiger partial charge in [0.25, 0.3) is 5.91 Å². The average Bonchev–Trinajstić information content (AvgIpc) is 3.09. The van der Waals surface area contributed by atoms with Crippen molar-refractivity contribution in [3.05, 3.63) is 40.2 Å². The molecule has 4 rings (SSSR count). The molecule has 0 spiro atoms. The highest BCUT2D eigenvalue weighted by Crippen LogP contribution is 2.61. The predicted octanol–water partition coefficient (Wildman–Crippen LogP) is 3.02. The quantitative estimate of drug-likeness (QED) is 0.577. The average molecular weight is 480 g/mol. The Morgan fingerprint density at radius 2 is 2.03 bits per heavy atom. The van der Waals surface area contributed by atoms with Gasteiger partial charge in [0.2, 0.25) is 0 Å². The van der Waals surface area contributed by atoms with E-state index in [9.17, 15) is 18.4 Å². The van der Waals surface area contributed by atoms with Crippen molar-refractivity contribution in [2.75, 3.05) is 19.6 Å². The Morgan fingerprint density at radius 1 is 1.30 bits per heavy atom. The van der Waals surface area contributed by atoms with Gasteiger partial charge in [-0.3, -0.25) is 9.79 Å². The highest BCUT2D eigenvalue weighted by Gasteiger charge is 2.64. The summed E-state index contributed by atoms with van der Waals surface area (Å²) in [6, 6.07) is 3.49. The SMILES string of the molecule is CC1(C)C2CCC1(NC(=O)N1CCN=C(C(C(N)=O)=C(N)c3ccc(F)c(Cl)c3)C1)CC2F. The molecule has 3 atom stereocenters. The van der Waals surface area contributed by atoms with E-state index in [0.29, 0.717) is 18.5 Å². The highest BCUT2D eigenvalue weighted by atomic mass is 35.5. The van der Waals surface area contributed by atoms with Gasteiger partial charge in [-0.25, -0.2) is 13.6 Å². The lowest BCUT2D eigenvalue weighted by Crippen LogP contribution is -2.58. The van der Waals surface area contributed by atoms with Crippen LogP contribution in [-0.2, 0) is 4.79 Å². The molecule has 2 aliphatic carbocycles. The van der Waals surface area contributed by atoms with Crippen LogP contribution in [0.1, 0.15) is 38.7 Å². The van der Waals surface area contributed by atoms with Crippen LogP contribution in [0.25, 0.3) is 5.70 Å².